The van der Waals surface area contributed by atoms with Crippen molar-refractivity contribution >= 4 is 41.6 Å². The first kappa shape index (κ1) is 32.0. The van der Waals surface area contributed by atoms with Gasteiger partial charge in [0.1, 0.15) is 23.6 Å². The van der Waals surface area contributed by atoms with E-state index in [1.807, 2.05) is 6.26 Å². The molecule has 1 N–H and O–H groups in total. The normalized spacial score (nSPS) is 14.0. The van der Waals surface area contributed by atoms with Gasteiger partial charge in [0.05, 0.1) is 11.9 Å². The van der Waals surface area contributed by atoms with Crippen molar-refractivity contribution in [1.82, 2.24) is 34.2 Å². The highest BCUT2D eigenvalue weighted by Gasteiger charge is 2.27. The topological polar surface area (TPSA) is 122 Å². The number of halogens is 2. The van der Waals surface area contributed by atoms with E-state index in [4.69, 9.17) is 4.74 Å². The van der Waals surface area contributed by atoms with Crippen molar-refractivity contribution in [3.05, 3.63) is 54.6 Å². The van der Waals surface area contributed by atoms with Crippen LogP contribution >= 0.6 is 11.8 Å². The Bertz CT molecular complexity index is 1650. The van der Waals surface area contributed by atoms with Crippen LogP contribution in [0.25, 0.3) is 16.9 Å². The van der Waals surface area contributed by atoms with Gasteiger partial charge in [0, 0.05) is 54.7 Å². The van der Waals surface area contributed by atoms with Gasteiger partial charge in [0.2, 0.25) is 5.91 Å². The zero-order chi connectivity index (χ0) is 31.9. The molecule has 5 rings (SSSR count). The Morgan fingerprint density at radius 2 is 2.09 bits per heavy atom. The van der Waals surface area contributed by atoms with Gasteiger partial charge in [-0.3, -0.25) is 14.3 Å². The summed E-state index contributed by atoms with van der Waals surface area (Å²) in [6.07, 6.45) is 10.6. The molecule has 0 atom stereocenters. The molecule has 0 radical (unpaired) electrons. The highest BCUT2D eigenvalue weighted by Crippen LogP contribution is 2.38. The summed E-state index contributed by atoms with van der Waals surface area (Å²) in [5.74, 6) is -0.765. The summed E-state index contributed by atoms with van der Waals surface area (Å²) in [6.45, 7) is 3.22. The minimum atomic E-state index is -3.07. The van der Waals surface area contributed by atoms with E-state index in [0.29, 0.717) is 24.8 Å². The summed E-state index contributed by atoms with van der Waals surface area (Å²) in [6, 6.07) is 6.83. The van der Waals surface area contributed by atoms with Crippen molar-refractivity contribution in [3.8, 4) is 17.0 Å². The van der Waals surface area contributed by atoms with E-state index in [1.54, 1.807) is 35.5 Å². The molecule has 1 saturated heterocycles. The first-order valence-corrected chi connectivity index (χ1v) is 15.7. The van der Waals surface area contributed by atoms with Crippen molar-refractivity contribution in [1.29, 1.82) is 0 Å². The summed E-state index contributed by atoms with van der Waals surface area (Å²) in [5.41, 5.74) is 1.20. The molecule has 0 saturated carbocycles. The van der Waals surface area contributed by atoms with Gasteiger partial charge >= 0.3 is 6.61 Å². The molecule has 0 aliphatic carbocycles. The summed E-state index contributed by atoms with van der Waals surface area (Å²) >= 11 is 1.41. The highest BCUT2D eigenvalue weighted by molar-refractivity contribution is 7.98. The minimum absolute atomic E-state index is 0.0973. The number of rotatable bonds is 13. The largest absolute Gasteiger partial charge is 0.434 e. The summed E-state index contributed by atoms with van der Waals surface area (Å²) in [7, 11) is 2.09. The number of hydrogen-bond donors (Lipinski definition) is 1. The Hall–Kier alpha value is -4.37. The number of nitrogens with zero attached hydrogens (tertiary/aromatic N) is 8. The molecule has 3 aromatic heterocycles. The summed E-state index contributed by atoms with van der Waals surface area (Å²) in [4.78, 5) is 39.8. The number of amides is 2. The monoisotopic (exact) mass is 639 g/mol. The van der Waals surface area contributed by atoms with E-state index < -0.39 is 12.5 Å². The first-order valence-electron chi connectivity index (χ1n) is 14.5. The molecule has 0 bridgehead atoms. The molecule has 1 aliphatic rings. The molecule has 0 spiro atoms. The molecule has 1 aliphatic heterocycles. The van der Waals surface area contributed by atoms with Crippen molar-refractivity contribution < 1.29 is 23.1 Å². The lowest BCUT2D eigenvalue weighted by molar-refractivity contribution is -0.133. The second-order valence-electron chi connectivity index (χ2n) is 10.6. The number of carbonyl (C=O) groups excluding carboxylic acids is 2. The molecule has 1 fully saturated rings. The van der Waals surface area contributed by atoms with Crippen molar-refractivity contribution in [2.75, 3.05) is 44.8 Å². The second-order valence-corrected chi connectivity index (χ2v) is 11.5. The standard InChI is InChI=1S/C30H35F2N9O3S/c1-33-10-4-12-38(2)20-8-14-39(15-9-20)26(42)19-40-18-24(36-29(43)23-17-35-41-13-5-11-34-28(23)41)27(37-40)22-16-21(45-3)6-7-25(22)44-30(31)32/h5-7,11,13,16-18,20,30H,1,4,8-10,12,14-15,19H2,2-3H3,(H,36,43). The fraction of sp³-hybridized carbons (Fsp3) is 0.400. The van der Waals surface area contributed by atoms with E-state index in [1.165, 1.54) is 39.4 Å². The number of hydrogen-bond acceptors (Lipinski definition) is 9. The van der Waals surface area contributed by atoms with Crippen molar-refractivity contribution in [3.63, 3.8) is 0 Å². The molecule has 15 heteroatoms. The lowest BCUT2D eigenvalue weighted by atomic mass is 10.0. The molecular formula is C30H35F2N9O3S. The van der Waals surface area contributed by atoms with Crippen LogP contribution in [0.5, 0.6) is 5.75 Å². The average Bonchev–Trinajstić information content (AvgIpc) is 3.65. The maximum Gasteiger partial charge on any atom is 0.387 e. The molecule has 0 unspecified atom stereocenters. The number of aromatic nitrogens is 5. The SMILES string of the molecule is C=NCCCN(C)C1CCN(C(=O)Cn2cc(NC(=O)c3cnn4cccnc34)c(-c3cc(SC)ccc3OC(F)F)n2)CC1. The molecule has 1 aromatic carbocycles. The third-order valence-corrected chi connectivity index (χ3v) is 8.48. The van der Waals surface area contributed by atoms with Gasteiger partial charge in [-0.15, -0.1) is 11.8 Å². The van der Waals surface area contributed by atoms with Gasteiger partial charge in [-0.1, -0.05) is 0 Å². The molecule has 4 heterocycles. The minimum Gasteiger partial charge on any atom is -0.434 e. The van der Waals surface area contributed by atoms with Crippen LogP contribution in [0.4, 0.5) is 14.5 Å². The maximum atomic E-state index is 13.4. The molecule has 45 heavy (non-hydrogen) atoms. The highest BCUT2D eigenvalue weighted by atomic mass is 32.2. The van der Waals surface area contributed by atoms with E-state index in [-0.39, 0.29) is 40.7 Å². The number of piperidine rings is 1. The third kappa shape index (κ3) is 7.65. The van der Waals surface area contributed by atoms with Crippen molar-refractivity contribution in [2.45, 2.75) is 43.4 Å². The number of aliphatic imine (C=N–C) groups is 1. The van der Waals surface area contributed by atoms with E-state index in [0.717, 1.165) is 37.2 Å². The van der Waals surface area contributed by atoms with Crippen LogP contribution < -0.4 is 10.1 Å². The number of fused-ring (bicyclic) bond motifs is 1. The van der Waals surface area contributed by atoms with Crippen molar-refractivity contribution in [2.24, 2.45) is 4.99 Å². The van der Waals surface area contributed by atoms with Crippen LogP contribution in [0.1, 0.15) is 29.6 Å². The Morgan fingerprint density at radius 1 is 1.29 bits per heavy atom. The van der Waals surface area contributed by atoms with Gasteiger partial charge in [-0.25, -0.2) is 9.50 Å². The van der Waals surface area contributed by atoms with Crippen LogP contribution in [0, 0.1) is 0 Å². The van der Waals surface area contributed by atoms with E-state index >= 15 is 0 Å². The second kappa shape index (κ2) is 14.6. The predicted molar refractivity (Wildman–Crippen MR) is 168 cm³/mol. The number of nitrogens with one attached hydrogen (secondary N) is 1. The average molecular weight is 640 g/mol. The number of carbonyl (C=O) groups is 2. The Kier molecular flexibility index (Phi) is 10.4. The van der Waals surface area contributed by atoms with Gasteiger partial charge in [-0.2, -0.15) is 19.0 Å². The van der Waals surface area contributed by atoms with Gasteiger partial charge in [0.25, 0.3) is 5.91 Å². The number of benzene rings is 1. The fourth-order valence-corrected chi connectivity index (χ4v) is 5.84. The van der Waals surface area contributed by atoms with E-state index in [2.05, 4.69) is 44.2 Å². The molecule has 12 nitrogen and oxygen atoms in total. The first-order chi connectivity index (χ1) is 21.8. The van der Waals surface area contributed by atoms with Crippen LogP contribution in [0.2, 0.25) is 0 Å². The number of thioether (sulfide) groups is 1. The van der Waals surface area contributed by atoms with Crippen LogP contribution in [-0.2, 0) is 11.3 Å². The zero-order valence-electron chi connectivity index (χ0n) is 25.1. The molecule has 2 amide bonds. The lowest BCUT2D eigenvalue weighted by Gasteiger charge is -2.36. The molecule has 238 valence electrons. The Labute approximate surface area is 263 Å². The third-order valence-electron chi connectivity index (χ3n) is 7.76. The zero-order valence-corrected chi connectivity index (χ0v) is 25.9. The molecule has 4 aromatic rings. The Balaban J connectivity index is 1.39. The smallest absolute Gasteiger partial charge is 0.387 e. The van der Waals surface area contributed by atoms with Gasteiger partial charge in [0.15, 0.2) is 5.65 Å². The van der Waals surface area contributed by atoms with Crippen LogP contribution in [0.15, 0.2) is 58.9 Å². The number of likely N-dealkylation sites (tertiary alicyclic amines) is 1. The predicted octanol–water partition coefficient (Wildman–Crippen LogP) is 4.18. The number of anilines is 1. The van der Waals surface area contributed by atoms with Crippen LogP contribution in [0.3, 0.4) is 0 Å². The van der Waals surface area contributed by atoms with E-state index in [9.17, 15) is 18.4 Å². The molecular weight excluding hydrogens is 604 g/mol. The fourth-order valence-electron chi connectivity index (χ4n) is 5.40. The van der Waals surface area contributed by atoms with Gasteiger partial charge in [-0.05, 0) is 70.1 Å². The Morgan fingerprint density at radius 3 is 2.82 bits per heavy atom. The lowest BCUT2D eigenvalue weighted by Crippen LogP contribution is -2.46. The maximum absolute atomic E-state index is 13.4. The van der Waals surface area contributed by atoms with Gasteiger partial charge < -0.3 is 24.8 Å². The summed E-state index contributed by atoms with van der Waals surface area (Å²) < 4.78 is 34.5. The quantitative estimate of drug-likeness (QED) is 0.131. The summed E-state index contributed by atoms with van der Waals surface area (Å²) in [5, 5.41) is 11.6. The number of alkyl halides is 2. The van der Waals surface area contributed by atoms with Crippen LogP contribution in [-0.4, -0.2) is 105 Å². The number of ether oxygens (including phenoxy) is 1.